The maximum absolute atomic E-state index is 5.01. The van der Waals surface area contributed by atoms with E-state index in [1.165, 1.54) is 23.1 Å². The smallest absolute Gasteiger partial charge is 0.150 e. The Morgan fingerprint density at radius 2 is 2.00 bits per heavy atom. The fourth-order valence-electron chi connectivity index (χ4n) is 1.20. The van der Waals surface area contributed by atoms with E-state index >= 15 is 0 Å². The van der Waals surface area contributed by atoms with Crippen LogP contribution in [0.1, 0.15) is 17.3 Å². The summed E-state index contributed by atoms with van der Waals surface area (Å²) in [4.78, 5) is 0. The van der Waals surface area contributed by atoms with E-state index in [0.29, 0.717) is 0 Å². The highest BCUT2D eigenvalue weighted by Gasteiger charge is 2.19. The second kappa shape index (κ2) is 3.65. The summed E-state index contributed by atoms with van der Waals surface area (Å²) in [7, 11) is 0. The lowest BCUT2D eigenvalue weighted by Crippen LogP contribution is -2.21. The molecule has 1 aliphatic rings. The third-order valence-electron chi connectivity index (χ3n) is 1.94. The van der Waals surface area contributed by atoms with E-state index in [1.807, 2.05) is 0 Å². The second-order valence-electron chi connectivity index (χ2n) is 3.00. The van der Waals surface area contributed by atoms with Gasteiger partial charge in [0, 0.05) is 0 Å². The zero-order valence-electron chi connectivity index (χ0n) is 7.20. The van der Waals surface area contributed by atoms with Gasteiger partial charge in [-0.1, -0.05) is 42.0 Å². The van der Waals surface area contributed by atoms with Crippen LogP contribution in [-0.4, -0.2) is 4.32 Å². The summed E-state index contributed by atoms with van der Waals surface area (Å²) in [5.74, 6) is 0. The molecule has 1 aromatic rings. The lowest BCUT2D eigenvalue weighted by Gasteiger charge is -2.09. The van der Waals surface area contributed by atoms with Crippen LogP contribution in [0.15, 0.2) is 24.3 Å². The van der Waals surface area contributed by atoms with Crippen LogP contribution in [0, 0.1) is 6.92 Å². The first kappa shape index (κ1) is 8.99. The molecule has 1 aromatic carbocycles. The molecule has 0 bridgehead atoms. The number of hydrogen-bond donors (Lipinski definition) is 2. The minimum atomic E-state index is 0.165. The van der Waals surface area contributed by atoms with Gasteiger partial charge in [-0.25, -0.2) is 4.72 Å². The van der Waals surface area contributed by atoms with Crippen molar-refractivity contribution in [2.45, 2.75) is 13.1 Å². The molecule has 1 heterocycles. The third kappa shape index (κ3) is 2.02. The summed E-state index contributed by atoms with van der Waals surface area (Å²) in [5, 5.41) is 3.17. The van der Waals surface area contributed by atoms with Gasteiger partial charge in [-0.2, -0.15) is 0 Å². The number of benzene rings is 1. The quantitative estimate of drug-likeness (QED) is 0.548. The predicted molar refractivity (Wildman–Crippen MR) is 60.4 cm³/mol. The highest BCUT2D eigenvalue weighted by atomic mass is 32.2. The maximum Gasteiger partial charge on any atom is 0.150 e. The molecule has 0 radical (unpaired) electrons. The molecule has 2 nitrogen and oxygen atoms in total. The van der Waals surface area contributed by atoms with Gasteiger partial charge in [-0.3, -0.25) is 0 Å². The normalized spacial score (nSPS) is 21.6. The first-order valence-electron chi connectivity index (χ1n) is 4.05. The Morgan fingerprint density at radius 1 is 1.31 bits per heavy atom. The summed E-state index contributed by atoms with van der Waals surface area (Å²) < 4.78 is 4.02. The summed E-state index contributed by atoms with van der Waals surface area (Å²) in [5.41, 5.74) is 2.50. The van der Waals surface area contributed by atoms with E-state index in [0.717, 1.165) is 4.32 Å². The van der Waals surface area contributed by atoms with Crippen molar-refractivity contribution in [2.75, 3.05) is 0 Å². The molecule has 0 aliphatic carbocycles. The van der Waals surface area contributed by atoms with Gasteiger partial charge in [0.1, 0.15) is 10.5 Å². The number of nitrogens with one attached hydrogen (secondary N) is 2. The fraction of sp³-hybridized carbons (Fsp3) is 0.222. The topological polar surface area (TPSA) is 24.1 Å². The molecular formula is C9H10N2S2. The lowest BCUT2D eigenvalue weighted by atomic mass is 10.1. The average molecular weight is 210 g/mol. The Kier molecular flexibility index (Phi) is 2.53. The number of aryl methyl sites for hydroxylation is 1. The summed E-state index contributed by atoms with van der Waals surface area (Å²) in [6.45, 7) is 2.08. The highest BCUT2D eigenvalue weighted by molar-refractivity contribution is 8.22. The van der Waals surface area contributed by atoms with Crippen molar-refractivity contribution in [3.63, 3.8) is 0 Å². The van der Waals surface area contributed by atoms with Crippen LogP contribution in [0.25, 0.3) is 0 Å². The highest BCUT2D eigenvalue weighted by Crippen LogP contribution is 2.20. The molecule has 4 heteroatoms. The lowest BCUT2D eigenvalue weighted by molar-refractivity contribution is 0.663. The van der Waals surface area contributed by atoms with Crippen LogP contribution in [0.3, 0.4) is 0 Å². The minimum Gasteiger partial charge on any atom is -0.350 e. The van der Waals surface area contributed by atoms with Crippen molar-refractivity contribution in [2.24, 2.45) is 0 Å². The number of rotatable bonds is 1. The van der Waals surface area contributed by atoms with E-state index in [2.05, 4.69) is 41.2 Å². The molecule has 1 unspecified atom stereocenters. The molecule has 13 heavy (non-hydrogen) atoms. The van der Waals surface area contributed by atoms with Crippen LogP contribution in [-0.2, 0) is 0 Å². The zero-order chi connectivity index (χ0) is 9.26. The van der Waals surface area contributed by atoms with E-state index in [-0.39, 0.29) is 6.17 Å². The van der Waals surface area contributed by atoms with Gasteiger partial charge in [0.05, 0.1) is 0 Å². The maximum atomic E-state index is 5.01. The SMILES string of the molecule is Cc1ccc(C2NSC(=S)N2)cc1. The summed E-state index contributed by atoms with van der Waals surface area (Å²) >= 11 is 6.49. The van der Waals surface area contributed by atoms with Crippen molar-refractivity contribution in [1.82, 2.24) is 10.0 Å². The fourth-order valence-corrected chi connectivity index (χ4v) is 2.06. The molecule has 1 aliphatic heterocycles. The van der Waals surface area contributed by atoms with Crippen LogP contribution < -0.4 is 10.0 Å². The molecule has 0 amide bonds. The van der Waals surface area contributed by atoms with Crippen LogP contribution in [0.4, 0.5) is 0 Å². The van der Waals surface area contributed by atoms with Gasteiger partial charge in [0.2, 0.25) is 0 Å². The first-order chi connectivity index (χ1) is 6.25. The molecule has 0 saturated carbocycles. The molecular weight excluding hydrogens is 200 g/mol. The van der Waals surface area contributed by atoms with E-state index in [1.54, 1.807) is 0 Å². The van der Waals surface area contributed by atoms with Gasteiger partial charge >= 0.3 is 0 Å². The van der Waals surface area contributed by atoms with Gasteiger partial charge in [0.15, 0.2) is 0 Å². The van der Waals surface area contributed by atoms with Crippen LogP contribution in [0.2, 0.25) is 0 Å². The molecule has 68 valence electrons. The van der Waals surface area contributed by atoms with Crippen LogP contribution in [0.5, 0.6) is 0 Å². The van der Waals surface area contributed by atoms with E-state index < -0.39 is 0 Å². The monoisotopic (exact) mass is 210 g/mol. The molecule has 2 N–H and O–H groups in total. The molecule has 1 fully saturated rings. The van der Waals surface area contributed by atoms with Crippen molar-refractivity contribution >= 4 is 28.5 Å². The summed E-state index contributed by atoms with van der Waals surface area (Å²) in [6.07, 6.45) is 0.165. The van der Waals surface area contributed by atoms with Crippen LogP contribution >= 0.6 is 24.2 Å². The third-order valence-corrected chi connectivity index (χ3v) is 2.97. The molecule has 0 aromatic heterocycles. The molecule has 1 atom stereocenters. The number of thiocarbonyl (C=S) groups is 1. The second-order valence-corrected chi connectivity index (χ2v) is 4.51. The van der Waals surface area contributed by atoms with Gasteiger partial charge in [0.25, 0.3) is 0 Å². The molecule has 1 saturated heterocycles. The Morgan fingerprint density at radius 3 is 2.54 bits per heavy atom. The standard InChI is InChI=1S/C9H10N2S2/c1-6-2-4-7(5-3-6)8-10-9(12)13-11-8/h2-5,8,11H,1H3,(H,10,12). The van der Waals surface area contributed by atoms with Crippen molar-refractivity contribution in [1.29, 1.82) is 0 Å². The summed E-state index contributed by atoms with van der Waals surface area (Å²) in [6, 6.07) is 8.42. The minimum absolute atomic E-state index is 0.165. The van der Waals surface area contributed by atoms with E-state index in [4.69, 9.17) is 12.2 Å². The zero-order valence-corrected chi connectivity index (χ0v) is 8.84. The first-order valence-corrected chi connectivity index (χ1v) is 5.27. The Bertz CT molecular complexity index is 321. The van der Waals surface area contributed by atoms with Crippen molar-refractivity contribution in [3.05, 3.63) is 35.4 Å². The van der Waals surface area contributed by atoms with Crippen molar-refractivity contribution in [3.8, 4) is 0 Å². The largest absolute Gasteiger partial charge is 0.350 e. The Labute approximate surface area is 87.2 Å². The molecule has 0 spiro atoms. The van der Waals surface area contributed by atoms with E-state index in [9.17, 15) is 0 Å². The Balaban J connectivity index is 2.17. The van der Waals surface area contributed by atoms with Gasteiger partial charge in [-0.15, -0.1) is 0 Å². The molecule has 2 rings (SSSR count). The van der Waals surface area contributed by atoms with Gasteiger partial charge < -0.3 is 5.32 Å². The average Bonchev–Trinajstić information content (AvgIpc) is 2.53. The van der Waals surface area contributed by atoms with Crippen molar-refractivity contribution < 1.29 is 0 Å². The predicted octanol–water partition coefficient (Wildman–Crippen LogP) is 2.12. The Hall–Kier alpha value is -0.580. The number of hydrogen-bond acceptors (Lipinski definition) is 3. The van der Waals surface area contributed by atoms with Gasteiger partial charge in [-0.05, 0) is 24.4 Å².